The summed E-state index contributed by atoms with van der Waals surface area (Å²) in [5.41, 5.74) is 2.04. The van der Waals surface area contributed by atoms with E-state index in [2.05, 4.69) is 5.32 Å². The van der Waals surface area contributed by atoms with Crippen molar-refractivity contribution in [3.8, 4) is 11.8 Å². The molecule has 1 amide bonds. The summed E-state index contributed by atoms with van der Waals surface area (Å²) in [6.45, 7) is 0. The highest BCUT2D eigenvalue weighted by Crippen LogP contribution is 2.24. The van der Waals surface area contributed by atoms with Crippen LogP contribution < -0.4 is 5.32 Å². The van der Waals surface area contributed by atoms with Crippen LogP contribution in [0, 0.1) is 11.3 Å². The highest BCUT2D eigenvalue weighted by molar-refractivity contribution is 6.11. The van der Waals surface area contributed by atoms with E-state index in [1.807, 2.05) is 48.1 Å². The fraction of sp³-hybridized carbons (Fsp3) is 0.0526. The van der Waals surface area contributed by atoms with E-state index in [-0.39, 0.29) is 17.0 Å². The van der Waals surface area contributed by atoms with Gasteiger partial charge in [0.05, 0.1) is 5.69 Å². The second-order valence-electron chi connectivity index (χ2n) is 5.35. The van der Waals surface area contributed by atoms with Crippen LogP contribution in [0.25, 0.3) is 17.0 Å². The average molecular weight is 317 g/mol. The van der Waals surface area contributed by atoms with Gasteiger partial charge in [-0.25, -0.2) is 0 Å². The lowest BCUT2D eigenvalue weighted by Gasteiger charge is -2.05. The first-order valence-electron chi connectivity index (χ1n) is 7.35. The summed E-state index contributed by atoms with van der Waals surface area (Å²) < 4.78 is 1.94. The van der Waals surface area contributed by atoms with E-state index in [9.17, 15) is 15.2 Å². The van der Waals surface area contributed by atoms with Crippen LogP contribution in [-0.4, -0.2) is 15.6 Å². The van der Waals surface area contributed by atoms with Crippen molar-refractivity contribution in [2.24, 2.45) is 7.05 Å². The largest absolute Gasteiger partial charge is 0.506 e. The monoisotopic (exact) mass is 317 g/mol. The van der Waals surface area contributed by atoms with Crippen LogP contribution in [0.5, 0.6) is 5.75 Å². The second kappa shape index (κ2) is 6.31. The fourth-order valence-corrected chi connectivity index (χ4v) is 2.56. The first-order valence-corrected chi connectivity index (χ1v) is 7.35. The first-order chi connectivity index (χ1) is 11.6. The average Bonchev–Trinajstić information content (AvgIpc) is 2.91. The number of nitriles is 1. The number of fused-ring (bicyclic) bond motifs is 1. The number of benzene rings is 2. The smallest absolute Gasteiger partial charge is 0.266 e. The van der Waals surface area contributed by atoms with E-state index >= 15 is 0 Å². The SMILES string of the molecule is Cn1cc(C=C(C#N)C(=O)Nc2ccccc2O)c2ccccc21. The van der Waals surface area contributed by atoms with Gasteiger partial charge >= 0.3 is 0 Å². The molecule has 2 aromatic carbocycles. The Labute approximate surface area is 139 Å². The van der Waals surface area contributed by atoms with Crippen molar-refractivity contribution in [3.63, 3.8) is 0 Å². The van der Waals surface area contributed by atoms with Crippen LogP contribution in [-0.2, 0) is 11.8 Å². The van der Waals surface area contributed by atoms with Gasteiger partial charge in [-0.15, -0.1) is 0 Å². The Bertz CT molecular complexity index is 993. The van der Waals surface area contributed by atoms with E-state index in [1.54, 1.807) is 24.3 Å². The minimum atomic E-state index is -0.563. The lowest BCUT2D eigenvalue weighted by Crippen LogP contribution is -2.13. The van der Waals surface area contributed by atoms with Gasteiger partial charge in [0.2, 0.25) is 0 Å². The standard InChI is InChI=1S/C19H15N3O2/c1-22-12-14(15-6-2-4-8-17(15)22)10-13(11-20)19(24)21-16-7-3-5-9-18(16)23/h2-10,12,23H,1H3,(H,21,24). The number of nitrogens with one attached hydrogen (secondary N) is 1. The number of nitrogens with zero attached hydrogens (tertiary/aromatic N) is 2. The van der Waals surface area contributed by atoms with E-state index in [4.69, 9.17) is 0 Å². The first kappa shape index (κ1) is 15.4. The molecule has 1 heterocycles. The topological polar surface area (TPSA) is 78.0 Å². The molecule has 0 aliphatic carbocycles. The summed E-state index contributed by atoms with van der Waals surface area (Å²) in [6, 6.07) is 16.1. The Morgan fingerprint density at radius 1 is 1.21 bits per heavy atom. The van der Waals surface area contributed by atoms with E-state index in [1.165, 1.54) is 6.07 Å². The number of carbonyl (C=O) groups excluding carboxylic acids is 1. The molecule has 0 saturated carbocycles. The minimum Gasteiger partial charge on any atom is -0.506 e. The van der Waals surface area contributed by atoms with Gasteiger partial charge in [-0.1, -0.05) is 30.3 Å². The molecule has 0 aliphatic rings. The van der Waals surface area contributed by atoms with E-state index < -0.39 is 5.91 Å². The molecule has 5 heteroatoms. The zero-order valence-corrected chi connectivity index (χ0v) is 13.0. The maximum absolute atomic E-state index is 12.3. The van der Waals surface area contributed by atoms with E-state index in [0.29, 0.717) is 0 Å². The molecule has 0 unspecified atom stereocenters. The van der Waals surface area contributed by atoms with Crippen molar-refractivity contribution in [2.75, 3.05) is 5.32 Å². The molecule has 5 nitrogen and oxygen atoms in total. The predicted molar refractivity (Wildman–Crippen MR) is 93.2 cm³/mol. The molecular formula is C19H15N3O2. The van der Waals surface area contributed by atoms with Gasteiger partial charge in [0.15, 0.2) is 0 Å². The maximum Gasteiger partial charge on any atom is 0.266 e. The van der Waals surface area contributed by atoms with Crippen molar-refractivity contribution < 1.29 is 9.90 Å². The van der Waals surface area contributed by atoms with Crippen molar-refractivity contribution in [3.05, 3.63) is 65.9 Å². The second-order valence-corrected chi connectivity index (χ2v) is 5.35. The Morgan fingerprint density at radius 2 is 1.92 bits per heavy atom. The number of aromatic hydroxyl groups is 1. The number of rotatable bonds is 3. The molecule has 1 aromatic heterocycles. The lowest BCUT2D eigenvalue weighted by atomic mass is 10.1. The molecule has 0 atom stereocenters. The van der Waals surface area contributed by atoms with Crippen LogP contribution in [0.2, 0.25) is 0 Å². The summed E-state index contributed by atoms with van der Waals surface area (Å²) in [4.78, 5) is 12.3. The minimum absolute atomic E-state index is 0.0328. The van der Waals surface area contributed by atoms with Crippen LogP contribution in [0.3, 0.4) is 0 Å². The molecule has 0 fully saturated rings. The van der Waals surface area contributed by atoms with Crippen molar-refractivity contribution in [1.82, 2.24) is 4.57 Å². The number of para-hydroxylation sites is 3. The lowest BCUT2D eigenvalue weighted by molar-refractivity contribution is -0.112. The van der Waals surface area contributed by atoms with Gasteiger partial charge in [0, 0.05) is 29.7 Å². The third-order valence-corrected chi connectivity index (χ3v) is 3.74. The van der Waals surface area contributed by atoms with Gasteiger partial charge in [-0.2, -0.15) is 5.26 Å². The predicted octanol–water partition coefficient (Wildman–Crippen LogP) is 3.43. The number of anilines is 1. The summed E-state index contributed by atoms with van der Waals surface area (Å²) in [6.07, 6.45) is 3.42. The van der Waals surface area contributed by atoms with Gasteiger partial charge < -0.3 is 15.0 Å². The third kappa shape index (κ3) is 2.85. The highest BCUT2D eigenvalue weighted by Gasteiger charge is 2.13. The Morgan fingerprint density at radius 3 is 2.67 bits per heavy atom. The van der Waals surface area contributed by atoms with Crippen LogP contribution in [0.1, 0.15) is 5.56 Å². The number of amides is 1. The fourth-order valence-electron chi connectivity index (χ4n) is 2.56. The molecule has 2 N–H and O–H groups in total. The number of aromatic nitrogens is 1. The molecule has 118 valence electrons. The maximum atomic E-state index is 12.3. The number of carbonyl (C=O) groups is 1. The molecule has 3 aromatic rings. The number of phenolic OH excluding ortho intramolecular Hbond substituents is 1. The molecule has 0 bridgehead atoms. The molecular weight excluding hydrogens is 302 g/mol. The molecule has 24 heavy (non-hydrogen) atoms. The van der Waals surface area contributed by atoms with Gasteiger partial charge in [0.25, 0.3) is 5.91 Å². The van der Waals surface area contributed by atoms with E-state index in [0.717, 1.165) is 16.5 Å². The normalized spacial score (nSPS) is 11.2. The molecule has 0 radical (unpaired) electrons. The van der Waals surface area contributed by atoms with Crippen molar-refractivity contribution >= 4 is 28.6 Å². The number of aryl methyl sites for hydroxylation is 1. The molecule has 0 saturated heterocycles. The van der Waals surface area contributed by atoms with Gasteiger partial charge in [-0.05, 0) is 24.3 Å². The van der Waals surface area contributed by atoms with Crippen LogP contribution >= 0.6 is 0 Å². The summed E-state index contributed by atoms with van der Waals surface area (Å²) in [7, 11) is 1.91. The third-order valence-electron chi connectivity index (χ3n) is 3.74. The Balaban J connectivity index is 1.96. The van der Waals surface area contributed by atoms with Crippen LogP contribution in [0.4, 0.5) is 5.69 Å². The van der Waals surface area contributed by atoms with Crippen molar-refractivity contribution in [2.45, 2.75) is 0 Å². The molecule has 0 spiro atoms. The van der Waals surface area contributed by atoms with Gasteiger partial charge in [0.1, 0.15) is 17.4 Å². The van der Waals surface area contributed by atoms with Crippen molar-refractivity contribution in [1.29, 1.82) is 5.26 Å². The Hall–Kier alpha value is -3.52. The Kier molecular flexibility index (Phi) is 4.04. The zero-order valence-electron chi connectivity index (χ0n) is 13.0. The van der Waals surface area contributed by atoms with Gasteiger partial charge in [-0.3, -0.25) is 4.79 Å². The number of hydrogen-bond donors (Lipinski definition) is 2. The molecule has 0 aliphatic heterocycles. The number of phenols is 1. The quantitative estimate of drug-likeness (QED) is 0.441. The zero-order chi connectivity index (χ0) is 17.1. The number of hydrogen-bond acceptors (Lipinski definition) is 3. The van der Waals surface area contributed by atoms with Crippen LogP contribution in [0.15, 0.2) is 60.3 Å². The summed E-state index contributed by atoms with van der Waals surface area (Å²) in [5, 5.41) is 22.6. The highest BCUT2D eigenvalue weighted by atomic mass is 16.3. The molecule has 3 rings (SSSR count). The summed E-state index contributed by atoms with van der Waals surface area (Å²) >= 11 is 0. The summed E-state index contributed by atoms with van der Waals surface area (Å²) in [5.74, 6) is -0.611.